The third-order valence-electron chi connectivity index (χ3n) is 4.30. The molecule has 1 N–H and O–H groups in total. The predicted octanol–water partition coefficient (Wildman–Crippen LogP) is 4.30. The van der Waals surface area contributed by atoms with E-state index in [2.05, 4.69) is 28.2 Å². The number of rotatable bonds is 3. The summed E-state index contributed by atoms with van der Waals surface area (Å²) >= 11 is 12.4. The van der Waals surface area contributed by atoms with E-state index in [1.54, 1.807) is 17.3 Å². The second-order valence-electron chi connectivity index (χ2n) is 5.91. The summed E-state index contributed by atoms with van der Waals surface area (Å²) in [5.41, 5.74) is 2.81. The number of nitrogens with zero attached hydrogens (tertiary/aromatic N) is 3. The van der Waals surface area contributed by atoms with Crippen molar-refractivity contribution in [2.24, 2.45) is 0 Å². The van der Waals surface area contributed by atoms with Crippen LogP contribution in [-0.2, 0) is 6.42 Å². The van der Waals surface area contributed by atoms with Crippen LogP contribution < -0.4 is 10.2 Å². The molecule has 3 rings (SSSR count). The summed E-state index contributed by atoms with van der Waals surface area (Å²) in [6, 6.07) is 7.84. The standard InChI is InChI=1S/C18H20Cl2N4O/c1-2-13-4-3-5-14(10-13)22-18(25)24-8-6-23(7-9-24)17-15(19)11-21-12-16(17)20/h3-5,10-12H,2,6-9H2,1H3,(H,22,25). The molecule has 0 aliphatic carbocycles. The van der Waals surface area contributed by atoms with Gasteiger partial charge in [-0.1, -0.05) is 42.3 Å². The van der Waals surface area contributed by atoms with Gasteiger partial charge in [0.1, 0.15) is 0 Å². The van der Waals surface area contributed by atoms with Crippen molar-refractivity contribution >= 4 is 40.6 Å². The van der Waals surface area contributed by atoms with Gasteiger partial charge >= 0.3 is 6.03 Å². The van der Waals surface area contributed by atoms with E-state index in [1.807, 2.05) is 18.2 Å². The quantitative estimate of drug-likeness (QED) is 0.865. The number of nitrogens with one attached hydrogen (secondary N) is 1. The van der Waals surface area contributed by atoms with E-state index in [4.69, 9.17) is 23.2 Å². The average Bonchev–Trinajstić information content (AvgIpc) is 2.62. The molecule has 2 amide bonds. The lowest BCUT2D eigenvalue weighted by Crippen LogP contribution is -2.50. The molecule has 0 radical (unpaired) electrons. The molecule has 5 nitrogen and oxygen atoms in total. The van der Waals surface area contributed by atoms with Gasteiger partial charge in [-0.2, -0.15) is 0 Å². The highest BCUT2D eigenvalue weighted by molar-refractivity contribution is 6.38. The number of urea groups is 1. The van der Waals surface area contributed by atoms with E-state index in [0.717, 1.165) is 17.8 Å². The van der Waals surface area contributed by atoms with Crippen LogP contribution in [0.25, 0.3) is 0 Å². The molecule has 1 saturated heterocycles. The number of hydrogen-bond donors (Lipinski definition) is 1. The van der Waals surface area contributed by atoms with E-state index >= 15 is 0 Å². The second-order valence-corrected chi connectivity index (χ2v) is 6.72. The fourth-order valence-corrected chi connectivity index (χ4v) is 3.51. The lowest BCUT2D eigenvalue weighted by Gasteiger charge is -2.36. The number of aromatic nitrogens is 1. The molecule has 2 heterocycles. The molecule has 132 valence electrons. The first-order chi connectivity index (χ1) is 12.1. The summed E-state index contributed by atoms with van der Waals surface area (Å²) in [6.45, 7) is 4.65. The van der Waals surface area contributed by atoms with E-state index < -0.39 is 0 Å². The molecular weight excluding hydrogens is 359 g/mol. The Morgan fingerprint density at radius 2 is 1.84 bits per heavy atom. The van der Waals surface area contributed by atoms with E-state index in [1.165, 1.54) is 5.56 Å². The Kier molecular flexibility index (Phi) is 5.66. The van der Waals surface area contributed by atoms with Gasteiger partial charge in [0.2, 0.25) is 0 Å². The van der Waals surface area contributed by atoms with Crippen molar-refractivity contribution in [3.05, 3.63) is 52.3 Å². The second kappa shape index (κ2) is 7.93. The van der Waals surface area contributed by atoms with Gasteiger partial charge in [0.15, 0.2) is 0 Å². The van der Waals surface area contributed by atoms with Crippen LogP contribution in [0.4, 0.5) is 16.2 Å². The van der Waals surface area contributed by atoms with Gasteiger partial charge < -0.3 is 15.1 Å². The molecule has 2 aromatic rings. The summed E-state index contributed by atoms with van der Waals surface area (Å²) in [6.07, 6.45) is 4.11. The zero-order chi connectivity index (χ0) is 17.8. The lowest BCUT2D eigenvalue weighted by atomic mass is 10.1. The number of aryl methyl sites for hydroxylation is 1. The van der Waals surface area contributed by atoms with Gasteiger partial charge in [-0.25, -0.2) is 4.79 Å². The van der Waals surface area contributed by atoms with Gasteiger partial charge in [-0.15, -0.1) is 0 Å². The summed E-state index contributed by atoms with van der Waals surface area (Å²) in [5.74, 6) is 0. The maximum absolute atomic E-state index is 12.5. The van der Waals surface area contributed by atoms with Crippen molar-refractivity contribution in [1.29, 1.82) is 0 Å². The highest BCUT2D eigenvalue weighted by Gasteiger charge is 2.24. The minimum absolute atomic E-state index is 0.0835. The lowest BCUT2D eigenvalue weighted by molar-refractivity contribution is 0.208. The monoisotopic (exact) mass is 378 g/mol. The Bertz CT molecular complexity index is 740. The fourth-order valence-electron chi connectivity index (χ4n) is 2.91. The van der Waals surface area contributed by atoms with Crippen LogP contribution in [0.3, 0.4) is 0 Å². The van der Waals surface area contributed by atoms with Gasteiger partial charge in [0.05, 0.1) is 15.7 Å². The van der Waals surface area contributed by atoms with Crippen LogP contribution in [0.1, 0.15) is 12.5 Å². The van der Waals surface area contributed by atoms with Gasteiger partial charge in [-0.05, 0) is 24.1 Å². The molecule has 7 heteroatoms. The number of halogens is 2. The van der Waals surface area contributed by atoms with Crippen molar-refractivity contribution < 1.29 is 4.79 Å². The summed E-state index contributed by atoms with van der Waals surface area (Å²) < 4.78 is 0. The first kappa shape index (κ1) is 17.8. The summed E-state index contributed by atoms with van der Waals surface area (Å²) in [4.78, 5) is 20.4. The number of pyridine rings is 1. The smallest absolute Gasteiger partial charge is 0.321 e. The minimum atomic E-state index is -0.0835. The zero-order valence-corrected chi connectivity index (χ0v) is 15.5. The Morgan fingerprint density at radius 1 is 1.16 bits per heavy atom. The normalized spacial score (nSPS) is 14.5. The third kappa shape index (κ3) is 4.17. The molecule has 1 aliphatic rings. The molecule has 1 aliphatic heterocycles. The Labute approximate surface area is 157 Å². The van der Waals surface area contributed by atoms with Crippen LogP contribution in [0, 0.1) is 0 Å². The van der Waals surface area contributed by atoms with E-state index in [0.29, 0.717) is 36.2 Å². The number of anilines is 2. The van der Waals surface area contributed by atoms with Crippen LogP contribution in [0.2, 0.25) is 10.0 Å². The molecule has 0 saturated carbocycles. The highest BCUT2D eigenvalue weighted by Crippen LogP contribution is 2.33. The fraction of sp³-hybridized carbons (Fsp3) is 0.333. The summed E-state index contributed by atoms with van der Waals surface area (Å²) in [7, 11) is 0. The Balaban J connectivity index is 1.61. The molecule has 1 aromatic carbocycles. The molecule has 1 fully saturated rings. The third-order valence-corrected chi connectivity index (χ3v) is 4.85. The minimum Gasteiger partial charge on any atom is -0.365 e. The largest absolute Gasteiger partial charge is 0.365 e. The van der Waals surface area contributed by atoms with Crippen LogP contribution in [-0.4, -0.2) is 42.1 Å². The molecule has 0 spiro atoms. The Hall–Kier alpha value is -1.98. The first-order valence-electron chi connectivity index (χ1n) is 8.27. The van der Waals surface area contributed by atoms with Gasteiger partial charge in [-0.3, -0.25) is 4.98 Å². The van der Waals surface area contributed by atoms with Crippen LogP contribution in [0.5, 0.6) is 0 Å². The number of amides is 2. The summed E-state index contributed by atoms with van der Waals surface area (Å²) in [5, 5.41) is 4.03. The molecular formula is C18H20Cl2N4O. The van der Waals surface area contributed by atoms with E-state index in [9.17, 15) is 4.79 Å². The maximum Gasteiger partial charge on any atom is 0.321 e. The number of carbonyl (C=O) groups excluding carboxylic acids is 1. The molecule has 25 heavy (non-hydrogen) atoms. The SMILES string of the molecule is CCc1cccc(NC(=O)N2CCN(c3c(Cl)cncc3Cl)CC2)c1. The molecule has 0 atom stereocenters. The number of benzene rings is 1. The topological polar surface area (TPSA) is 48.5 Å². The van der Waals surface area contributed by atoms with Gasteiger partial charge in [0, 0.05) is 44.3 Å². The van der Waals surface area contributed by atoms with Crippen molar-refractivity contribution in [1.82, 2.24) is 9.88 Å². The van der Waals surface area contributed by atoms with Crippen molar-refractivity contribution in [2.45, 2.75) is 13.3 Å². The van der Waals surface area contributed by atoms with Crippen LogP contribution >= 0.6 is 23.2 Å². The number of hydrogen-bond acceptors (Lipinski definition) is 3. The Morgan fingerprint density at radius 3 is 2.48 bits per heavy atom. The van der Waals surface area contributed by atoms with Crippen LogP contribution in [0.15, 0.2) is 36.7 Å². The first-order valence-corrected chi connectivity index (χ1v) is 9.03. The number of carbonyl (C=O) groups is 1. The number of piperazine rings is 1. The predicted molar refractivity (Wildman–Crippen MR) is 103 cm³/mol. The maximum atomic E-state index is 12.5. The molecule has 0 unspecified atom stereocenters. The zero-order valence-electron chi connectivity index (χ0n) is 14.0. The van der Waals surface area contributed by atoms with Crippen molar-refractivity contribution in [2.75, 3.05) is 36.4 Å². The van der Waals surface area contributed by atoms with Crippen molar-refractivity contribution in [3.8, 4) is 0 Å². The average molecular weight is 379 g/mol. The van der Waals surface area contributed by atoms with E-state index in [-0.39, 0.29) is 6.03 Å². The molecule has 1 aromatic heterocycles. The molecule has 0 bridgehead atoms. The van der Waals surface area contributed by atoms with Gasteiger partial charge in [0.25, 0.3) is 0 Å². The van der Waals surface area contributed by atoms with Crippen molar-refractivity contribution in [3.63, 3.8) is 0 Å². The highest BCUT2D eigenvalue weighted by atomic mass is 35.5.